The number of hydrogen-bond donors (Lipinski definition) is 2. The second-order valence-electron chi connectivity index (χ2n) is 4.65. The van der Waals surface area contributed by atoms with Gasteiger partial charge in [-0.05, 0) is 29.8 Å². The summed E-state index contributed by atoms with van der Waals surface area (Å²) in [6.45, 7) is 0.550. The van der Waals surface area contributed by atoms with E-state index in [0.29, 0.717) is 17.1 Å². The Morgan fingerprint density at radius 3 is 2.90 bits per heavy atom. The van der Waals surface area contributed by atoms with Gasteiger partial charge in [0.05, 0.1) is 18.3 Å². The van der Waals surface area contributed by atoms with Crippen molar-refractivity contribution >= 4 is 28.4 Å². The van der Waals surface area contributed by atoms with Crippen molar-refractivity contribution in [1.29, 1.82) is 0 Å². The van der Waals surface area contributed by atoms with Crippen molar-refractivity contribution in [1.82, 2.24) is 15.3 Å². The summed E-state index contributed by atoms with van der Waals surface area (Å²) in [4.78, 5) is 11.5. The van der Waals surface area contributed by atoms with Crippen LogP contribution in [-0.4, -0.2) is 20.9 Å². The summed E-state index contributed by atoms with van der Waals surface area (Å²) in [5.41, 5.74) is 3.84. The molecule has 0 spiro atoms. The first kappa shape index (κ1) is 13.6. The Bertz CT molecular complexity index is 814. The quantitative estimate of drug-likeness (QED) is 0.577. The second-order valence-corrected chi connectivity index (χ2v) is 5.08. The predicted molar refractivity (Wildman–Crippen MR) is 79.5 cm³/mol. The van der Waals surface area contributed by atoms with Crippen LogP contribution < -0.4 is 5.48 Å². The van der Waals surface area contributed by atoms with E-state index in [0.717, 1.165) is 16.5 Å². The van der Waals surface area contributed by atoms with Crippen molar-refractivity contribution in [2.45, 2.75) is 6.54 Å². The molecule has 0 radical (unpaired) electrons. The van der Waals surface area contributed by atoms with Crippen LogP contribution in [0, 0.1) is 0 Å². The molecule has 0 atom stereocenters. The lowest BCUT2D eigenvalue weighted by atomic mass is 10.1. The molecule has 2 N–H and O–H groups in total. The molecule has 0 bridgehead atoms. The second kappa shape index (κ2) is 5.55. The number of nitrogens with zero attached hydrogens (tertiary/aromatic N) is 2. The molecule has 3 rings (SSSR count). The molecule has 0 fully saturated rings. The lowest BCUT2D eigenvalue weighted by Gasteiger charge is -2.05. The molecule has 1 aromatic heterocycles. The molecule has 106 valence electrons. The third-order valence-electron chi connectivity index (χ3n) is 3.23. The van der Waals surface area contributed by atoms with Crippen molar-refractivity contribution in [3.63, 3.8) is 0 Å². The summed E-state index contributed by atoms with van der Waals surface area (Å²) < 4.78 is 1.79. The van der Waals surface area contributed by atoms with Gasteiger partial charge in [0.1, 0.15) is 0 Å². The highest BCUT2D eigenvalue weighted by atomic mass is 35.5. The van der Waals surface area contributed by atoms with Crippen molar-refractivity contribution in [3.8, 4) is 0 Å². The Kier molecular flexibility index (Phi) is 3.60. The van der Waals surface area contributed by atoms with E-state index in [1.807, 2.05) is 24.3 Å². The van der Waals surface area contributed by atoms with Crippen molar-refractivity contribution < 1.29 is 10.0 Å². The van der Waals surface area contributed by atoms with Crippen molar-refractivity contribution in [3.05, 3.63) is 64.8 Å². The molecule has 0 unspecified atom stereocenters. The van der Waals surface area contributed by atoms with Crippen LogP contribution >= 0.6 is 11.6 Å². The van der Waals surface area contributed by atoms with E-state index >= 15 is 0 Å². The Hall–Kier alpha value is -2.37. The number of hydroxylamine groups is 1. The minimum absolute atomic E-state index is 0.373. The molecule has 0 saturated carbocycles. The standard InChI is InChI=1S/C15H12ClN3O2/c16-13-3-1-2-10(6-13)9-19-14-7-11(15(20)18-21)4-5-12(14)8-17-19/h1-8,21H,9H2,(H,18,20). The summed E-state index contributed by atoms with van der Waals surface area (Å²) in [6.07, 6.45) is 1.74. The Morgan fingerprint density at radius 2 is 2.14 bits per heavy atom. The smallest absolute Gasteiger partial charge is 0.274 e. The van der Waals surface area contributed by atoms with Crippen LogP contribution in [0.15, 0.2) is 48.7 Å². The minimum Gasteiger partial charge on any atom is -0.288 e. The van der Waals surface area contributed by atoms with Crippen LogP contribution in [0.25, 0.3) is 10.9 Å². The van der Waals surface area contributed by atoms with Gasteiger partial charge in [-0.3, -0.25) is 14.7 Å². The Morgan fingerprint density at radius 1 is 1.29 bits per heavy atom. The monoisotopic (exact) mass is 301 g/mol. The number of nitrogens with one attached hydrogen (secondary N) is 1. The summed E-state index contributed by atoms with van der Waals surface area (Å²) in [5.74, 6) is -0.549. The van der Waals surface area contributed by atoms with Gasteiger partial charge >= 0.3 is 0 Å². The van der Waals surface area contributed by atoms with Gasteiger partial charge in [0.15, 0.2) is 0 Å². The maximum Gasteiger partial charge on any atom is 0.274 e. The minimum atomic E-state index is -0.549. The lowest BCUT2D eigenvalue weighted by Crippen LogP contribution is -2.18. The zero-order valence-electron chi connectivity index (χ0n) is 11.0. The van der Waals surface area contributed by atoms with Gasteiger partial charge in [-0.15, -0.1) is 0 Å². The third-order valence-corrected chi connectivity index (χ3v) is 3.46. The summed E-state index contributed by atoms with van der Waals surface area (Å²) in [5, 5.41) is 14.6. The topological polar surface area (TPSA) is 67.2 Å². The summed E-state index contributed by atoms with van der Waals surface area (Å²) in [6, 6.07) is 12.7. The first-order valence-corrected chi connectivity index (χ1v) is 6.69. The van der Waals surface area contributed by atoms with E-state index in [1.165, 1.54) is 0 Å². The SMILES string of the molecule is O=C(NO)c1ccc2cnn(Cc3cccc(Cl)c3)c2c1. The zero-order chi connectivity index (χ0) is 14.8. The number of carbonyl (C=O) groups excluding carboxylic acids is 1. The van der Waals surface area contributed by atoms with Crippen LogP contribution in [0.3, 0.4) is 0 Å². The van der Waals surface area contributed by atoms with Crippen LogP contribution in [-0.2, 0) is 6.54 Å². The van der Waals surface area contributed by atoms with Crippen LogP contribution in [0.4, 0.5) is 0 Å². The van der Waals surface area contributed by atoms with Gasteiger partial charge in [0, 0.05) is 16.0 Å². The molecule has 2 aromatic carbocycles. The average molecular weight is 302 g/mol. The summed E-state index contributed by atoms with van der Waals surface area (Å²) in [7, 11) is 0. The molecule has 1 amide bonds. The number of rotatable bonds is 3. The van der Waals surface area contributed by atoms with Gasteiger partial charge in [0.2, 0.25) is 0 Å². The molecule has 21 heavy (non-hydrogen) atoms. The molecule has 1 heterocycles. The maximum atomic E-state index is 11.5. The number of halogens is 1. The third kappa shape index (κ3) is 2.74. The zero-order valence-corrected chi connectivity index (χ0v) is 11.7. The fourth-order valence-corrected chi connectivity index (χ4v) is 2.42. The van der Waals surface area contributed by atoms with Gasteiger partial charge in [0.25, 0.3) is 5.91 Å². The molecular weight excluding hydrogens is 290 g/mol. The predicted octanol–water partition coefficient (Wildman–Crippen LogP) is 2.86. The highest BCUT2D eigenvalue weighted by molar-refractivity contribution is 6.30. The lowest BCUT2D eigenvalue weighted by molar-refractivity contribution is 0.0706. The van der Waals surface area contributed by atoms with E-state index in [-0.39, 0.29) is 0 Å². The molecule has 0 aliphatic carbocycles. The number of benzene rings is 2. The molecule has 6 heteroatoms. The van der Waals surface area contributed by atoms with Gasteiger partial charge in [-0.25, -0.2) is 5.48 Å². The number of aromatic nitrogens is 2. The van der Waals surface area contributed by atoms with E-state index in [4.69, 9.17) is 16.8 Å². The fraction of sp³-hybridized carbons (Fsp3) is 0.0667. The number of carbonyl (C=O) groups is 1. The highest BCUT2D eigenvalue weighted by Crippen LogP contribution is 2.18. The van der Waals surface area contributed by atoms with Gasteiger partial charge in [-0.2, -0.15) is 5.10 Å². The van der Waals surface area contributed by atoms with Crippen LogP contribution in [0.5, 0.6) is 0 Å². The molecular formula is C15H12ClN3O2. The van der Waals surface area contributed by atoms with Gasteiger partial charge < -0.3 is 0 Å². The van der Waals surface area contributed by atoms with E-state index < -0.39 is 5.91 Å². The highest BCUT2D eigenvalue weighted by Gasteiger charge is 2.09. The summed E-state index contributed by atoms with van der Waals surface area (Å²) >= 11 is 5.98. The van der Waals surface area contributed by atoms with E-state index in [2.05, 4.69) is 5.10 Å². The first-order chi connectivity index (χ1) is 10.2. The van der Waals surface area contributed by atoms with Crippen LogP contribution in [0.2, 0.25) is 5.02 Å². The largest absolute Gasteiger partial charge is 0.288 e. The van der Waals surface area contributed by atoms with Crippen molar-refractivity contribution in [2.24, 2.45) is 0 Å². The molecule has 0 saturated heterocycles. The van der Waals surface area contributed by atoms with Crippen LogP contribution in [0.1, 0.15) is 15.9 Å². The van der Waals surface area contributed by atoms with Crippen molar-refractivity contribution in [2.75, 3.05) is 0 Å². The number of fused-ring (bicyclic) bond motifs is 1. The van der Waals surface area contributed by atoms with E-state index in [1.54, 1.807) is 34.6 Å². The molecule has 3 aromatic rings. The molecule has 0 aliphatic rings. The number of amides is 1. The van der Waals surface area contributed by atoms with E-state index in [9.17, 15) is 4.79 Å². The average Bonchev–Trinajstić information content (AvgIpc) is 2.89. The molecule has 5 nitrogen and oxygen atoms in total. The number of hydrogen-bond acceptors (Lipinski definition) is 3. The first-order valence-electron chi connectivity index (χ1n) is 6.32. The Balaban J connectivity index is 2.00. The maximum absolute atomic E-state index is 11.5. The molecule has 0 aliphatic heterocycles. The Labute approximate surface area is 125 Å². The normalized spacial score (nSPS) is 10.8. The van der Waals surface area contributed by atoms with Gasteiger partial charge in [-0.1, -0.05) is 29.8 Å². The fourth-order valence-electron chi connectivity index (χ4n) is 2.21.